The quantitative estimate of drug-likeness (QED) is 0.503. The van der Waals surface area contributed by atoms with E-state index in [1.165, 1.54) is 11.1 Å². The summed E-state index contributed by atoms with van der Waals surface area (Å²) in [6.07, 6.45) is 1.86. The minimum absolute atomic E-state index is 0.0722. The molecule has 1 unspecified atom stereocenters. The van der Waals surface area contributed by atoms with Crippen LogP contribution in [0.25, 0.3) is 0 Å². The molecule has 1 aliphatic rings. The van der Waals surface area contributed by atoms with E-state index in [1.807, 2.05) is 18.2 Å². The van der Waals surface area contributed by atoms with Crippen LogP contribution in [0.1, 0.15) is 16.4 Å². The van der Waals surface area contributed by atoms with Crippen molar-refractivity contribution >= 4 is 23.4 Å². The Bertz CT molecular complexity index is 878. The fraction of sp³-hybridized carbons (Fsp3) is 0.261. The fourth-order valence-corrected chi connectivity index (χ4v) is 4.89. The second-order valence-electron chi connectivity index (χ2n) is 6.87. The second kappa shape index (κ2) is 9.57. The van der Waals surface area contributed by atoms with Gasteiger partial charge in [0.1, 0.15) is 5.03 Å². The van der Waals surface area contributed by atoms with E-state index in [2.05, 4.69) is 64.5 Å². The Kier molecular flexibility index (Phi) is 6.65. The number of benzene rings is 2. The molecule has 0 N–H and O–H groups in total. The maximum Gasteiger partial charge on any atom is 0.115 e. The van der Waals surface area contributed by atoms with Crippen molar-refractivity contribution in [1.82, 2.24) is 9.88 Å². The van der Waals surface area contributed by atoms with Gasteiger partial charge in [0.25, 0.3) is 0 Å². The molecule has 0 aliphatic carbocycles. The standard InChI is InChI=1S/C23H23ClN2OS/c24-20-12-7-13-25-23(20)28-22(19-10-5-2-6-11-19)21-17-26(14-15-27-21)16-18-8-3-1-4-9-18/h1-13,21-22H,14-17H2/t21?,22-/m0/s1. The summed E-state index contributed by atoms with van der Waals surface area (Å²) in [5.41, 5.74) is 2.57. The van der Waals surface area contributed by atoms with Crippen molar-refractivity contribution in [3.63, 3.8) is 0 Å². The number of morpholine rings is 1. The van der Waals surface area contributed by atoms with Crippen LogP contribution in [-0.4, -0.2) is 35.7 Å². The number of hydrogen-bond donors (Lipinski definition) is 0. The molecule has 2 aromatic carbocycles. The summed E-state index contributed by atoms with van der Waals surface area (Å²) < 4.78 is 6.24. The number of ether oxygens (including phenoxy) is 1. The topological polar surface area (TPSA) is 25.4 Å². The normalized spacial score (nSPS) is 18.7. The van der Waals surface area contributed by atoms with Gasteiger partial charge in [-0.05, 0) is 23.3 Å². The van der Waals surface area contributed by atoms with Gasteiger partial charge in [0.05, 0.1) is 23.0 Å². The van der Waals surface area contributed by atoms with Gasteiger partial charge >= 0.3 is 0 Å². The molecule has 1 fully saturated rings. The maximum absolute atomic E-state index is 6.40. The first-order valence-electron chi connectivity index (χ1n) is 9.49. The first-order chi connectivity index (χ1) is 13.8. The van der Waals surface area contributed by atoms with E-state index in [4.69, 9.17) is 16.3 Å². The molecule has 2 atom stereocenters. The summed E-state index contributed by atoms with van der Waals surface area (Å²) >= 11 is 8.08. The van der Waals surface area contributed by atoms with Crippen molar-refractivity contribution in [2.75, 3.05) is 19.7 Å². The van der Waals surface area contributed by atoms with Crippen molar-refractivity contribution in [1.29, 1.82) is 0 Å². The van der Waals surface area contributed by atoms with E-state index >= 15 is 0 Å². The molecule has 1 aliphatic heterocycles. The molecule has 5 heteroatoms. The Morgan fingerprint density at radius 1 is 1.04 bits per heavy atom. The largest absolute Gasteiger partial charge is 0.374 e. The molecule has 0 spiro atoms. The van der Waals surface area contributed by atoms with Crippen molar-refractivity contribution in [3.05, 3.63) is 95.1 Å². The van der Waals surface area contributed by atoms with Gasteiger partial charge in [0.2, 0.25) is 0 Å². The van der Waals surface area contributed by atoms with Crippen LogP contribution in [0.2, 0.25) is 5.02 Å². The summed E-state index contributed by atoms with van der Waals surface area (Å²) in [5, 5.41) is 1.67. The van der Waals surface area contributed by atoms with Gasteiger partial charge in [-0.2, -0.15) is 0 Å². The number of aromatic nitrogens is 1. The molecule has 1 aromatic heterocycles. The van der Waals surface area contributed by atoms with Crippen LogP contribution in [0, 0.1) is 0 Å². The average molecular weight is 411 g/mol. The van der Waals surface area contributed by atoms with Gasteiger partial charge in [0.15, 0.2) is 0 Å². The predicted octanol–water partition coefficient (Wildman–Crippen LogP) is 5.47. The lowest BCUT2D eigenvalue weighted by atomic mass is 10.1. The van der Waals surface area contributed by atoms with E-state index in [1.54, 1.807) is 18.0 Å². The van der Waals surface area contributed by atoms with Crippen molar-refractivity contribution in [3.8, 4) is 0 Å². The molecule has 1 saturated heterocycles. The lowest BCUT2D eigenvalue weighted by Gasteiger charge is -2.37. The average Bonchev–Trinajstić information content (AvgIpc) is 2.75. The van der Waals surface area contributed by atoms with Gasteiger partial charge in [-0.1, -0.05) is 84.0 Å². The highest BCUT2D eigenvalue weighted by Crippen LogP contribution is 2.41. The monoisotopic (exact) mass is 410 g/mol. The van der Waals surface area contributed by atoms with E-state index < -0.39 is 0 Å². The summed E-state index contributed by atoms with van der Waals surface area (Å²) in [6.45, 7) is 3.50. The Hall–Kier alpha value is -1.85. The highest BCUT2D eigenvalue weighted by atomic mass is 35.5. The SMILES string of the molecule is Clc1cccnc1S[C@@H](c1ccccc1)C1CN(Cc2ccccc2)CCO1. The van der Waals surface area contributed by atoms with Crippen LogP contribution in [0.3, 0.4) is 0 Å². The Balaban J connectivity index is 1.54. The molecular weight excluding hydrogens is 388 g/mol. The van der Waals surface area contributed by atoms with Crippen LogP contribution < -0.4 is 0 Å². The van der Waals surface area contributed by atoms with Crippen LogP contribution in [-0.2, 0) is 11.3 Å². The summed E-state index contributed by atoms with van der Waals surface area (Å²) in [5.74, 6) is 0. The lowest BCUT2D eigenvalue weighted by molar-refractivity contribution is -0.0320. The Morgan fingerprint density at radius 2 is 1.79 bits per heavy atom. The number of hydrogen-bond acceptors (Lipinski definition) is 4. The fourth-order valence-electron chi connectivity index (χ4n) is 3.48. The highest BCUT2D eigenvalue weighted by molar-refractivity contribution is 7.99. The van der Waals surface area contributed by atoms with E-state index in [0.29, 0.717) is 5.02 Å². The second-order valence-corrected chi connectivity index (χ2v) is 8.41. The lowest BCUT2D eigenvalue weighted by Crippen LogP contribution is -2.44. The number of rotatable bonds is 6. The van der Waals surface area contributed by atoms with Gasteiger partial charge < -0.3 is 4.74 Å². The first kappa shape index (κ1) is 19.5. The third-order valence-electron chi connectivity index (χ3n) is 4.86. The molecule has 28 heavy (non-hydrogen) atoms. The predicted molar refractivity (Wildman–Crippen MR) is 116 cm³/mol. The minimum Gasteiger partial charge on any atom is -0.374 e. The molecule has 2 heterocycles. The Morgan fingerprint density at radius 3 is 2.54 bits per heavy atom. The molecule has 0 bridgehead atoms. The minimum atomic E-state index is 0.0722. The first-order valence-corrected chi connectivity index (χ1v) is 10.8. The number of pyridine rings is 1. The maximum atomic E-state index is 6.40. The van der Waals surface area contributed by atoms with Gasteiger partial charge in [0, 0.05) is 25.8 Å². The van der Waals surface area contributed by atoms with Gasteiger partial charge in [-0.3, -0.25) is 4.90 Å². The van der Waals surface area contributed by atoms with E-state index in [9.17, 15) is 0 Å². The third kappa shape index (κ3) is 4.95. The van der Waals surface area contributed by atoms with Crippen molar-refractivity contribution < 1.29 is 4.74 Å². The summed E-state index contributed by atoms with van der Waals surface area (Å²) in [6, 6.07) is 24.9. The van der Waals surface area contributed by atoms with Crippen molar-refractivity contribution in [2.45, 2.75) is 22.9 Å². The van der Waals surface area contributed by atoms with E-state index in [-0.39, 0.29) is 11.4 Å². The zero-order chi connectivity index (χ0) is 19.2. The molecule has 3 aromatic rings. The smallest absolute Gasteiger partial charge is 0.115 e. The molecule has 144 valence electrons. The molecule has 0 radical (unpaired) electrons. The molecule has 3 nitrogen and oxygen atoms in total. The van der Waals surface area contributed by atoms with E-state index in [0.717, 1.165) is 31.3 Å². The summed E-state index contributed by atoms with van der Waals surface area (Å²) in [4.78, 5) is 6.96. The molecule has 0 amide bonds. The van der Waals surface area contributed by atoms with Crippen LogP contribution >= 0.6 is 23.4 Å². The summed E-state index contributed by atoms with van der Waals surface area (Å²) in [7, 11) is 0. The van der Waals surface area contributed by atoms with Crippen LogP contribution in [0.4, 0.5) is 0 Å². The molecule has 0 saturated carbocycles. The zero-order valence-corrected chi connectivity index (χ0v) is 17.1. The number of thioether (sulfide) groups is 1. The van der Waals surface area contributed by atoms with Crippen molar-refractivity contribution in [2.24, 2.45) is 0 Å². The Labute approximate surface area is 175 Å². The molecular formula is C23H23ClN2OS. The zero-order valence-electron chi connectivity index (χ0n) is 15.6. The van der Waals surface area contributed by atoms with Gasteiger partial charge in [-0.25, -0.2) is 4.98 Å². The molecule has 4 rings (SSSR count). The third-order valence-corrected chi connectivity index (χ3v) is 6.65. The van der Waals surface area contributed by atoms with Crippen LogP contribution in [0.15, 0.2) is 84.0 Å². The highest BCUT2D eigenvalue weighted by Gasteiger charge is 2.31. The number of nitrogens with zero attached hydrogens (tertiary/aromatic N) is 2. The van der Waals surface area contributed by atoms with Crippen LogP contribution in [0.5, 0.6) is 0 Å². The van der Waals surface area contributed by atoms with Gasteiger partial charge in [-0.15, -0.1) is 0 Å². The number of halogens is 1.